The fourth-order valence-electron chi connectivity index (χ4n) is 0.612. The average molecular weight is 113 g/mol. The topological polar surface area (TPSA) is 0 Å². The first kappa shape index (κ1) is 7.53. The first-order valence-corrected chi connectivity index (χ1v) is 4.30. The Morgan fingerprint density at radius 2 is 1.71 bits per heavy atom. The van der Waals surface area contributed by atoms with Crippen molar-refractivity contribution >= 4 is 15.2 Å². The normalized spacial score (nSPS) is 10.9. The van der Waals surface area contributed by atoms with Gasteiger partial charge >= 0.3 is 52.5 Å². The molecule has 0 heterocycles. The Bertz CT molecular complexity index is 42.6. The fourth-order valence-corrected chi connectivity index (χ4v) is 1.84. The molecule has 0 aliphatic heterocycles. The van der Waals surface area contributed by atoms with Crippen molar-refractivity contribution in [3.8, 4) is 0 Å². The van der Waals surface area contributed by atoms with Gasteiger partial charge in [0.05, 0.1) is 0 Å². The van der Waals surface area contributed by atoms with E-state index in [1.165, 1.54) is 5.28 Å². The zero-order valence-electron chi connectivity index (χ0n) is 5.78. The van der Waals surface area contributed by atoms with Crippen molar-refractivity contribution in [1.82, 2.24) is 0 Å². The van der Waals surface area contributed by atoms with Gasteiger partial charge in [-0.25, -0.2) is 0 Å². The molecule has 0 N–H and O–H groups in total. The van der Waals surface area contributed by atoms with Gasteiger partial charge in [0.15, 0.2) is 0 Å². The van der Waals surface area contributed by atoms with Crippen LogP contribution in [0.4, 0.5) is 0 Å². The van der Waals surface area contributed by atoms with E-state index in [0.717, 1.165) is 0 Å². The molecule has 7 heavy (non-hydrogen) atoms. The van der Waals surface area contributed by atoms with Crippen LogP contribution in [-0.2, 0) is 0 Å². The molecule has 0 aliphatic rings. The van der Waals surface area contributed by atoms with Gasteiger partial charge in [0.2, 0.25) is 0 Å². The summed E-state index contributed by atoms with van der Waals surface area (Å²) in [6, 6.07) is 0. The summed E-state index contributed by atoms with van der Waals surface area (Å²) in [5.41, 5.74) is 0. The second kappa shape index (κ2) is 2.75. The van der Waals surface area contributed by atoms with E-state index < -0.39 is 0 Å². The molecular formula is C6H14Al+. The molecule has 0 aromatic heterocycles. The van der Waals surface area contributed by atoms with Crippen LogP contribution in [-0.4, -0.2) is 15.2 Å². The van der Waals surface area contributed by atoms with E-state index in [1.54, 1.807) is 0 Å². The van der Waals surface area contributed by atoms with E-state index in [0.29, 0.717) is 19.5 Å². The van der Waals surface area contributed by atoms with E-state index in [9.17, 15) is 0 Å². The number of rotatable bonds is 1. The van der Waals surface area contributed by atoms with Crippen molar-refractivity contribution in [2.45, 2.75) is 37.3 Å². The van der Waals surface area contributed by atoms with Gasteiger partial charge in [0.25, 0.3) is 0 Å². The molecule has 0 amide bonds. The van der Waals surface area contributed by atoms with Crippen LogP contribution in [0, 0.1) is 0 Å². The van der Waals surface area contributed by atoms with Crippen molar-refractivity contribution in [2.75, 3.05) is 0 Å². The standard InChI is InChI=1S/C4H9.C2H5.Al/c1-4(2)3;1-2;/h1-3H3;1H2,2H3;/q;;+1. The summed E-state index contributed by atoms with van der Waals surface area (Å²) < 4.78 is 0.634. The summed E-state index contributed by atoms with van der Waals surface area (Å²) in [4.78, 5) is 0. The van der Waals surface area contributed by atoms with E-state index in [4.69, 9.17) is 0 Å². The van der Waals surface area contributed by atoms with Crippen molar-refractivity contribution < 1.29 is 0 Å². The van der Waals surface area contributed by atoms with Gasteiger partial charge in [-0.15, -0.1) is 0 Å². The van der Waals surface area contributed by atoms with Crippen LogP contribution in [0.25, 0.3) is 0 Å². The summed E-state index contributed by atoms with van der Waals surface area (Å²) in [6.07, 6.45) is 0. The van der Waals surface area contributed by atoms with Crippen LogP contribution in [0.3, 0.4) is 0 Å². The molecule has 0 unspecified atom stereocenters. The second-order valence-corrected chi connectivity index (χ2v) is 5.94. The van der Waals surface area contributed by atoms with E-state index in [2.05, 4.69) is 27.7 Å². The summed E-state index contributed by atoms with van der Waals surface area (Å²) in [6.45, 7) is 9.20. The first-order chi connectivity index (χ1) is 3.06. The predicted molar refractivity (Wildman–Crippen MR) is 35.9 cm³/mol. The summed E-state index contributed by atoms with van der Waals surface area (Å²) in [5, 5.41) is 1.39. The quantitative estimate of drug-likeness (QED) is 0.458. The molecule has 0 aliphatic carbocycles. The first-order valence-electron chi connectivity index (χ1n) is 2.90. The SMILES string of the molecule is C[CH2][Al+][C](C)(C)C. The van der Waals surface area contributed by atoms with Gasteiger partial charge in [0.1, 0.15) is 0 Å². The molecule has 0 atom stereocenters. The van der Waals surface area contributed by atoms with Gasteiger partial charge in [-0.05, 0) is 0 Å². The van der Waals surface area contributed by atoms with Crippen molar-refractivity contribution in [3.05, 3.63) is 0 Å². The molecule has 0 nitrogen and oxygen atoms in total. The molecule has 0 spiro atoms. The van der Waals surface area contributed by atoms with Gasteiger partial charge in [-0.2, -0.15) is 0 Å². The van der Waals surface area contributed by atoms with Gasteiger partial charge < -0.3 is 0 Å². The van der Waals surface area contributed by atoms with Crippen molar-refractivity contribution in [2.24, 2.45) is 0 Å². The molecule has 0 saturated heterocycles. The molecule has 0 bridgehead atoms. The molecule has 0 aromatic carbocycles. The zero-order valence-corrected chi connectivity index (χ0v) is 6.94. The minimum atomic E-state index is 0.634. The van der Waals surface area contributed by atoms with E-state index in [1.807, 2.05) is 0 Å². The summed E-state index contributed by atoms with van der Waals surface area (Å²) in [5.74, 6) is 0. The Balaban J connectivity index is 3.15. The Morgan fingerprint density at radius 1 is 1.29 bits per heavy atom. The zero-order chi connectivity index (χ0) is 5.91. The van der Waals surface area contributed by atoms with Gasteiger partial charge in [-0.3, -0.25) is 0 Å². The van der Waals surface area contributed by atoms with Gasteiger partial charge in [-0.1, -0.05) is 0 Å². The van der Waals surface area contributed by atoms with Crippen LogP contribution in [0.1, 0.15) is 27.7 Å². The van der Waals surface area contributed by atoms with Crippen LogP contribution < -0.4 is 0 Å². The third-order valence-corrected chi connectivity index (χ3v) is 2.45. The Labute approximate surface area is 53.0 Å². The van der Waals surface area contributed by atoms with E-state index >= 15 is 0 Å². The molecule has 0 rings (SSSR count). The summed E-state index contributed by atoms with van der Waals surface area (Å²) >= 11 is 0.692. The van der Waals surface area contributed by atoms with Crippen LogP contribution in [0.15, 0.2) is 0 Å². The maximum absolute atomic E-state index is 2.31. The Kier molecular flexibility index (Phi) is 2.96. The number of hydrogen-bond donors (Lipinski definition) is 0. The molecular weight excluding hydrogens is 99.0 g/mol. The fraction of sp³-hybridized carbons (Fsp3) is 1.00. The third kappa shape index (κ3) is 6.53. The average Bonchev–Trinajstić information content (AvgIpc) is 1.30. The van der Waals surface area contributed by atoms with Crippen LogP contribution >= 0.6 is 0 Å². The van der Waals surface area contributed by atoms with Crippen molar-refractivity contribution in [1.29, 1.82) is 0 Å². The molecule has 1 heteroatoms. The molecule has 0 aromatic rings. The third-order valence-electron chi connectivity index (χ3n) is 0.816. The predicted octanol–water partition coefficient (Wildman–Crippen LogP) is 2.35. The minimum absolute atomic E-state index is 0.634. The van der Waals surface area contributed by atoms with Crippen LogP contribution in [0.5, 0.6) is 0 Å². The molecule has 0 fully saturated rings. The van der Waals surface area contributed by atoms with Crippen molar-refractivity contribution in [3.63, 3.8) is 0 Å². The summed E-state index contributed by atoms with van der Waals surface area (Å²) in [7, 11) is 0. The molecule has 0 radical (unpaired) electrons. The van der Waals surface area contributed by atoms with Crippen LogP contribution in [0.2, 0.25) is 9.56 Å². The Hall–Kier alpha value is 0.532. The van der Waals surface area contributed by atoms with Gasteiger partial charge in [0, 0.05) is 0 Å². The number of hydrogen-bond acceptors (Lipinski definition) is 0. The molecule has 40 valence electrons. The maximum atomic E-state index is 2.31. The van der Waals surface area contributed by atoms with E-state index in [-0.39, 0.29) is 0 Å². The Morgan fingerprint density at radius 3 is 1.71 bits per heavy atom. The monoisotopic (exact) mass is 113 g/mol. The second-order valence-electron chi connectivity index (χ2n) is 2.98. The molecule has 0 saturated carbocycles.